The first-order chi connectivity index (χ1) is 10.5. The van der Waals surface area contributed by atoms with Crippen LogP contribution in [-0.2, 0) is 9.53 Å². The molecular formula is C13H13ClN4O3S. The van der Waals surface area contributed by atoms with E-state index in [-0.39, 0.29) is 11.7 Å². The molecule has 0 bridgehead atoms. The molecule has 2 aromatic rings. The second-order valence-electron chi connectivity index (χ2n) is 4.23. The maximum Gasteiger partial charge on any atom is 0.337 e. The third kappa shape index (κ3) is 4.22. The zero-order valence-corrected chi connectivity index (χ0v) is 13.4. The second-order valence-corrected chi connectivity index (χ2v) is 5.58. The summed E-state index contributed by atoms with van der Waals surface area (Å²) in [5.74, 6) is 0.0154. The van der Waals surface area contributed by atoms with Crippen molar-refractivity contribution in [2.75, 3.05) is 18.2 Å². The summed E-state index contributed by atoms with van der Waals surface area (Å²) in [6.45, 7) is 1.77. The monoisotopic (exact) mass is 340 g/mol. The standard InChI is InChI=1S/C13H13ClN4O3S/c1-7-15-13(18-17-7)22-6-11(19)16-10-5-8(12(20)21-2)3-4-9(10)14/h3-5H,6H2,1-2H3,(H,16,19)(H,15,17,18). The van der Waals surface area contributed by atoms with Gasteiger partial charge in [0, 0.05) is 0 Å². The van der Waals surface area contributed by atoms with E-state index in [0.29, 0.717) is 27.3 Å². The lowest BCUT2D eigenvalue weighted by Crippen LogP contribution is -2.15. The molecule has 116 valence electrons. The number of H-pyrrole nitrogens is 1. The molecule has 0 aliphatic heterocycles. The summed E-state index contributed by atoms with van der Waals surface area (Å²) >= 11 is 7.19. The summed E-state index contributed by atoms with van der Waals surface area (Å²) in [5.41, 5.74) is 0.653. The van der Waals surface area contributed by atoms with E-state index in [4.69, 9.17) is 11.6 Å². The van der Waals surface area contributed by atoms with E-state index < -0.39 is 5.97 Å². The lowest BCUT2D eigenvalue weighted by Gasteiger charge is -2.08. The van der Waals surface area contributed by atoms with Crippen LogP contribution in [0.3, 0.4) is 0 Å². The fourth-order valence-electron chi connectivity index (χ4n) is 1.57. The number of nitrogens with zero attached hydrogens (tertiary/aromatic N) is 2. The average Bonchev–Trinajstić information content (AvgIpc) is 2.92. The van der Waals surface area contributed by atoms with Crippen LogP contribution in [0.5, 0.6) is 0 Å². The summed E-state index contributed by atoms with van der Waals surface area (Å²) in [6, 6.07) is 4.51. The molecule has 0 fully saturated rings. The van der Waals surface area contributed by atoms with Crippen LogP contribution in [0.2, 0.25) is 5.02 Å². The maximum absolute atomic E-state index is 11.9. The number of benzene rings is 1. The first kappa shape index (κ1) is 16.3. The van der Waals surface area contributed by atoms with E-state index in [1.54, 1.807) is 6.92 Å². The quantitative estimate of drug-likeness (QED) is 0.640. The molecule has 0 aliphatic carbocycles. The number of thioether (sulfide) groups is 1. The summed E-state index contributed by atoms with van der Waals surface area (Å²) in [4.78, 5) is 27.5. The summed E-state index contributed by atoms with van der Waals surface area (Å²) in [6.07, 6.45) is 0. The van der Waals surface area contributed by atoms with Crippen molar-refractivity contribution < 1.29 is 14.3 Å². The number of hydrogen-bond donors (Lipinski definition) is 2. The van der Waals surface area contributed by atoms with Crippen LogP contribution in [-0.4, -0.2) is 39.9 Å². The van der Waals surface area contributed by atoms with Gasteiger partial charge >= 0.3 is 5.97 Å². The second kappa shape index (κ2) is 7.28. The number of rotatable bonds is 5. The van der Waals surface area contributed by atoms with Gasteiger partial charge in [-0.15, -0.1) is 5.10 Å². The van der Waals surface area contributed by atoms with Gasteiger partial charge in [-0.25, -0.2) is 9.78 Å². The minimum absolute atomic E-state index is 0.121. The predicted molar refractivity (Wildman–Crippen MR) is 83.3 cm³/mol. The Morgan fingerprint density at radius 1 is 1.45 bits per heavy atom. The lowest BCUT2D eigenvalue weighted by molar-refractivity contribution is -0.113. The molecule has 2 rings (SSSR count). The van der Waals surface area contributed by atoms with Crippen LogP contribution < -0.4 is 5.32 Å². The molecule has 0 spiro atoms. The fourth-order valence-corrected chi connectivity index (χ4v) is 2.38. The normalized spacial score (nSPS) is 10.3. The molecule has 7 nitrogen and oxygen atoms in total. The summed E-state index contributed by atoms with van der Waals surface area (Å²) in [5, 5.41) is 10.1. The highest BCUT2D eigenvalue weighted by atomic mass is 35.5. The van der Waals surface area contributed by atoms with Crippen LogP contribution >= 0.6 is 23.4 Å². The number of hydrogen-bond acceptors (Lipinski definition) is 6. The maximum atomic E-state index is 11.9. The van der Waals surface area contributed by atoms with Crippen LogP contribution in [0.1, 0.15) is 16.2 Å². The van der Waals surface area contributed by atoms with Gasteiger partial charge in [0.2, 0.25) is 11.1 Å². The van der Waals surface area contributed by atoms with Gasteiger partial charge in [0.1, 0.15) is 5.82 Å². The molecule has 9 heteroatoms. The molecule has 1 aromatic carbocycles. The third-order valence-corrected chi connectivity index (χ3v) is 3.75. The van der Waals surface area contributed by atoms with Crippen LogP contribution in [0.25, 0.3) is 0 Å². The van der Waals surface area contributed by atoms with Gasteiger partial charge in [0.15, 0.2) is 0 Å². The van der Waals surface area contributed by atoms with Crippen molar-refractivity contribution in [2.24, 2.45) is 0 Å². The smallest absolute Gasteiger partial charge is 0.337 e. The van der Waals surface area contributed by atoms with Gasteiger partial charge in [0.25, 0.3) is 0 Å². The van der Waals surface area contributed by atoms with Crippen molar-refractivity contribution in [1.29, 1.82) is 0 Å². The number of carbonyl (C=O) groups is 2. The number of aryl methyl sites for hydroxylation is 1. The van der Waals surface area contributed by atoms with E-state index in [2.05, 4.69) is 25.2 Å². The SMILES string of the molecule is COC(=O)c1ccc(Cl)c(NC(=O)CSc2n[nH]c(C)n2)c1. The van der Waals surface area contributed by atoms with Crippen molar-refractivity contribution in [3.05, 3.63) is 34.6 Å². The largest absolute Gasteiger partial charge is 0.465 e. The Bertz CT molecular complexity index is 704. The van der Waals surface area contributed by atoms with Crippen LogP contribution in [0, 0.1) is 6.92 Å². The van der Waals surface area contributed by atoms with Gasteiger partial charge in [0.05, 0.1) is 29.1 Å². The number of anilines is 1. The highest BCUT2D eigenvalue weighted by molar-refractivity contribution is 7.99. The van der Waals surface area contributed by atoms with Gasteiger partial charge in [-0.05, 0) is 25.1 Å². The van der Waals surface area contributed by atoms with Gasteiger partial charge in [-0.3, -0.25) is 9.89 Å². The van der Waals surface area contributed by atoms with Crippen LogP contribution in [0.4, 0.5) is 5.69 Å². The average molecular weight is 341 g/mol. The molecular weight excluding hydrogens is 328 g/mol. The Balaban J connectivity index is 2.00. The molecule has 1 heterocycles. The molecule has 0 atom stereocenters. The van der Waals surface area contributed by atoms with Gasteiger partial charge in [-0.2, -0.15) is 0 Å². The third-order valence-electron chi connectivity index (χ3n) is 2.57. The molecule has 2 N–H and O–H groups in total. The minimum atomic E-state index is -0.502. The zero-order valence-electron chi connectivity index (χ0n) is 11.8. The van der Waals surface area contributed by atoms with Crippen molar-refractivity contribution in [2.45, 2.75) is 12.1 Å². The summed E-state index contributed by atoms with van der Waals surface area (Å²) < 4.78 is 4.62. The van der Waals surface area contributed by atoms with Gasteiger partial charge < -0.3 is 10.1 Å². The number of halogens is 1. The highest BCUT2D eigenvalue weighted by Gasteiger charge is 2.12. The zero-order chi connectivity index (χ0) is 16.1. The first-order valence-corrected chi connectivity index (χ1v) is 7.55. The number of carbonyl (C=O) groups excluding carboxylic acids is 2. The molecule has 1 aromatic heterocycles. The van der Waals surface area contributed by atoms with Crippen molar-refractivity contribution in [3.8, 4) is 0 Å². The number of methoxy groups -OCH3 is 1. The number of aromatic nitrogens is 3. The number of nitrogens with one attached hydrogen (secondary N) is 2. The number of esters is 1. The Kier molecular flexibility index (Phi) is 5.40. The van der Waals surface area contributed by atoms with Gasteiger partial charge in [-0.1, -0.05) is 23.4 Å². The summed E-state index contributed by atoms with van der Waals surface area (Å²) in [7, 11) is 1.28. The molecule has 0 saturated carbocycles. The Hall–Kier alpha value is -2.06. The topological polar surface area (TPSA) is 97.0 Å². The van der Waals surface area contributed by atoms with E-state index in [9.17, 15) is 9.59 Å². The Labute approximate surface area is 135 Å². The lowest BCUT2D eigenvalue weighted by atomic mass is 10.2. The Morgan fingerprint density at radius 2 is 2.23 bits per heavy atom. The van der Waals surface area contributed by atoms with Crippen molar-refractivity contribution in [1.82, 2.24) is 15.2 Å². The predicted octanol–water partition coefficient (Wildman–Crippen LogP) is 2.28. The number of aromatic amines is 1. The van der Waals surface area contributed by atoms with E-state index in [0.717, 1.165) is 0 Å². The Morgan fingerprint density at radius 3 is 2.86 bits per heavy atom. The number of ether oxygens (including phenoxy) is 1. The molecule has 0 radical (unpaired) electrons. The highest BCUT2D eigenvalue weighted by Crippen LogP contribution is 2.24. The van der Waals surface area contributed by atoms with E-state index >= 15 is 0 Å². The van der Waals surface area contributed by atoms with E-state index in [1.165, 1.54) is 37.1 Å². The molecule has 0 unspecified atom stereocenters. The fraction of sp³-hybridized carbons (Fsp3) is 0.231. The van der Waals surface area contributed by atoms with E-state index in [1.807, 2.05) is 0 Å². The molecule has 22 heavy (non-hydrogen) atoms. The number of amides is 1. The molecule has 1 amide bonds. The van der Waals surface area contributed by atoms with Crippen LogP contribution in [0.15, 0.2) is 23.4 Å². The van der Waals surface area contributed by atoms with Crippen molar-refractivity contribution in [3.63, 3.8) is 0 Å². The minimum Gasteiger partial charge on any atom is -0.465 e. The molecule has 0 saturated heterocycles. The first-order valence-electron chi connectivity index (χ1n) is 6.19. The van der Waals surface area contributed by atoms with Crippen molar-refractivity contribution >= 4 is 40.9 Å². The molecule has 0 aliphatic rings.